The summed E-state index contributed by atoms with van der Waals surface area (Å²) in [7, 11) is 5.89. The van der Waals surface area contributed by atoms with Gasteiger partial charge in [0, 0.05) is 19.1 Å². The van der Waals surface area contributed by atoms with Gasteiger partial charge in [-0.15, -0.1) is 0 Å². The molecule has 24 heavy (non-hydrogen) atoms. The minimum Gasteiger partial charge on any atom is -0.346 e. The Morgan fingerprint density at radius 1 is 1.17 bits per heavy atom. The molecule has 7 heteroatoms. The molecule has 2 N–H and O–H groups in total. The van der Waals surface area contributed by atoms with Gasteiger partial charge in [0.05, 0.1) is 17.1 Å². The molecule has 0 aromatic carbocycles. The van der Waals surface area contributed by atoms with Crippen molar-refractivity contribution in [2.24, 2.45) is 7.05 Å². The lowest BCUT2D eigenvalue weighted by atomic mass is 9.80. The summed E-state index contributed by atoms with van der Waals surface area (Å²) in [6, 6.07) is 0. The van der Waals surface area contributed by atoms with E-state index in [1.165, 1.54) is 6.42 Å². The minimum absolute atomic E-state index is 0.0473. The van der Waals surface area contributed by atoms with Crippen molar-refractivity contribution in [1.29, 1.82) is 0 Å². The van der Waals surface area contributed by atoms with Gasteiger partial charge in [0.1, 0.15) is 0 Å². The maximum Gasteiger partial charge on any atom is 0.313 e. The molecule has 1 aliphatic rings. The molecule has 2 rings (SSSR count). The van der Waals surface area contributed by atoms with Crippen LogP contribution < -0.4 is 10.6 Å². The highest BCUT2D eigenvalue weighted by Gasteiger charge is 2.35. The van der Waals surface area contributed by atoms with Gasteiger partial charge in [-0.25, -0.2) is 0 Å². The predicted molar refractivity (Wildman–Crippen MR) is 93.8 cm³/mol. The standard InChI is InChI=1S/C17H29N5O2/c1-12-14(13(2)22(5)20-12)19-16(24)15(23)18-11-17(21(3)4)9-7-6-8-10-17/h6-11H2,1-5H3,(H,18,23)(H,19,24). The van der Waals surface area contributed by atoms with Crippen LogP contribution in [0.5, 0.6) is 0 Å². The third-order valence-electron chi connectivity index (χ3n) is 5.26. The normalized spacial score (nSPS) is 16.9. The number of aromatic nitrogens is 2. The molecule has 1 aromatic rings. The second-order valence-electron chi connectivity index (χ2n) is 6.99. The number of carbonyl (C=O) groups is 2. The van der Waals surface area contributed by atoms with Crippen molar-refractivity contribution in [3.05, 3.63) is 11.4 Å². The lowest BCUT2D eigenvalue weighted by Gasteiger charge is -2.43. The van der Waals surface area contributed by atoms with Crippen molar-refractivity contribution in [1.82, 2.24) is 20.0 Å². The molecular weight excluding hydrogens is 306 g/mol. The van der Waals surface area contributed by atoms with Crippen molar-refractivity contribution in [3.63, 3.8) is 0 Å². The van der Waals surface area contributed by atoms with E-state index >= 15 is 0 Å². The Bertz CT molecular complexity index is 615. The number of aryl methyl sites for hydroxylation is 2. The molecule has 7 nitrogen and oxygen atoms in total. The second kappa shape index (κ2) is 7.34. The first kappa shape index (κ1) is 18.4. The van der Waals surface area contributed by atoms with Crippen LogP contribution in [0.15, 0.2) is 0 Å². The SMILES string of the molecule is Cc1nn(C)c(C)c1NC(=O)C(=O)NCC1(N(C)C)CCCCC1. The summed E-state index contributed by atoms with van der Waals surface area (Å²) in [5.41, 5.74) is 2.09. The number of carbonyl (C=O) groups excluding carboxylic acids is 2. The van der Waals surface area contributed by atoms with Crippen molar-refractivity contribution in [3.8, 4) is 0 Å². The zero-order valence-corrected chi connectivity index (χ0v) is 15.4. The Kier molecular flexibility index (Phi) is 5.64. The largest absolute Gasteiger partial charge is 0.346 e. The van der Waals surface area contributed by atoms with Crippen molar-refractivity contribution >= 4 is 17.5 Å². The highest BCUT2D eigenvalue weighted by atomic mass is 16.2. The van der Waals surface area contributed by atoms with Crippen LogP contribution >= 0.6 is 0 Å². The van der Waals surface area contributed by atoms with E-state index in [0.717, 1.165) is 31.4 Å². The molecule has 0 spiro atoms. The van der Waals surface area contributed by atoms with Gasteiger partial charge in [-0.05, 0) is 40.8 Å². The third kappa shape index (κ3) is 3.77. The minimum atomic E-state index is -0.640. The van der Waals surface area contributed by atoms with E-state index in [0.29, 0.717) is 17.9 Å². The molecule has 0 atom stereocenters. The molecular formula is C17H29N5O2. The number of amides is 2. The first-order valence-corrected chi connectivity index (χ1v) is 8.53. The Balaban J connectivity index is 1.97. The number of rotatable bonds is 4. The van der Waals surface area contributed by atoms with E-state index in [2.05, 4.69) is 20.6 Å². The van der Waals surface area contributed by atoms with E-state index in [-0.39, 0.29) is 5.54 Å². The van der Waals surface area contributed by atoms with Gasteiger partial charge >= 0.3 is 11.8 Å². The monoisotopic (exact) mass is 335 g/mol. The lowest BCUT2D eigenvalue weighted by Crippen LogP contribution is -2.55. The quantitative estimate of drug-likeness (QED) is 0.814. The predicted octanol–water partition coefficient (Wildman–Crippen LogP) is 1.36. The first-order valence-electron chi connectivity index (χ1n) is 8.53. The van der Waals surface area contributed by atoms with Crippen molar-refractivity contribution < 1.29 is 9.59 Å². The Morgan fingerprint density at radius 3 is 2.29 bits per heavy atom. The smallest absolute Gasteiger partial charge is 0.313 e. The summed E-state index contributed by atoms with van der Waals surface area (Å²) >= 11 is 0. The summed E-state index contributed by atoms with van der Waals surface area (Å²) in [5.74, 6) is -1.23. The van der Waals surface area contributed by atoms with Gasteiger partial charge in [-0.1, -0.05) is 19.3 Å². The molecule has 1 aromatic heterocycles. The molecule has 1 fully saturated rings. The van der Waals surface area contributed by atoms with Crippen LogP contribution in [0, 0.1) is 13.8 Å². The Hall–Kier alpha value is -1.89. The third-order valence-corrected chi connectivity index (χ3v) is 5.26. The van der Waals surface area contributed by atoms with Crippen LogP contribution in [0.1, 0.15) is 43.5 Å². The zero-order valence-electron chi connectivity index (χ0n) is 15.4. The van der Waals surface area contributed by atoms with Gasteiger partial charge in [0.2, 0.25) is 0 Å². The molecule has 0 saturated heterocycles. The number of nitrogens with zero attached hydrogens (tertiary/aromatic N) is 3. The molecule has 1 saturated carbocycles. The van der Waals surface area contributed by atoms with Gasteiger partial charge in [-0.2, -0.15) is 5.10 Å². The van der Waals surface area contributed by atoms with Crippen molar-refractivity contribution in [2.45, 2.75) is 51.5 Å². The second-order valence-corrected chi connectivity index (χ2v) is 6.99. The average Bonchev–Trinajstić information content (AvgIpc) is 2.79. The fourth-order valence-electron chi connectivity index (χ4n) is 3.44. The van der Waals surface area contributed by atoms with Crippen LogP contribution in [0.2, 0.25) is 0 Å². The number of hydrogen-bond donors (Lipinski definition) is 2. The zero-order chi connectivity index (χ0) is 17.9. The fraction of sp³-hybridized carbons (Fsp3) is 0.706. The summed E-state index contributed by atoms with van der Waals surface area (Å²) in [4.78, 5) is 26.6. The van der Waals surface area contributed by atoms with Crippen molar-refractivity contribution in [2.75, 3.05) is 26.0 Å². The maximum atomic E-state index is 12.2. The molecule has 0 unspecified atom stereocenters. The molecule has 0 radical (unpaired) electrons. The number of hydrogen-bond acceptors (Lipinski definition) is 4. The van der Waals surface area contributed by atoms with Crippen LogP contribution in [-0.2, 0) is 16.6 Å². The van der Waals surface area contributed by atoms with E-state index in [1.807, 2.05) is 35.0 Å². The fourth-order valence-corrected chi connectivity index (χ4v) is 3.44. The van der Waals surface area contributed by atoms with Gasteiger partial charge in [-0.3, -0.25) is 14.3 Å². The highest BCUT2D eigenvalue weighted by molar-refractivity contribution is 6.39. The molecule has 134 valence electrons. The van der Waals surface area contributed by atoms with Crippen LogP contribution in [-0.4, -0.2) is 52.7 Å². The van der Waals surface area contributed by atoms with Gasteiger partial charge in [0.15, 0.2) is 0 Å². The summed E-state index contributed by atoms with van der Waals surface area (Å²) in [5, 5.41) is 9.74. The number of likely N-dealkylation sites (N-methyl/N-ethyl adjacent to an activating group) is 1. The summed E-state index contributed by atoms with van der Waals surface area (Å²) < 4.78 is 1.69. The Morgan fingerprint density at radius 2 is 1.79 bits per heavy atom. The summed E-state index contributed by atoms with van der Waals surface area (Å²) in [6.45, 7) is 4.16. The maximum absolute atomic E-state index is 12.2. The molecule has 0 aliphatic heterocycles. The van der Waals surface area contributed by atoms with Crippen LogP contribution in [0.25, 0.3) is 0 Å². The first-order chi connectivity index (χ1) is 11.3. The molecule has 2 amide bonds. The van der Waals surface area contributed by atoms with Gasteiger partial charge < -0.3 is 15.5 Å². The molecule has 0 bridgehead atoms. The van der Waals surface area contributed by atoms with E-state index in [9.17, 15) is 9.59 Å². The topological polar surface area (TPSA) is 79.3 Å². The highest BCUT2D eigenvalue weighted by Crippen LogP contribution is 2.31. The summed E-state index contributed by atoms with van der Waals surface area (Å²) in [6.07, 6.45) is 5.65. The van der Waals surface area contributed by atoms with Gasteiger partial charge in [0.25, 0.3) is 0 Å². The number of nitrogens with one attached hydrogen (secondary N) is 2. The lowest BCUT2D eigenvalue weighted by molar-refractivity contribution is -0.136. The molecule has 1 heterocycles. The molecule has 1 aliphatic carbocycles. The van der Waals surface area contributed by atoms with E-state index in [4.69, 9.17) is 0 Å². The Labute approximate surface area is 143 Å². The van der Waals surface area contributed by atoms with Crippen LogP contribution in [0.3, 0.4) is 0 Å². The van der Waals surface area contributed by atoms with E-state index < -0.39 is 11.8 Å². The number of anilines is 1. The van der Waals surface area contributed by atoms with E-state index in [1.54, 1.807) is 4.68 Å². The average molecular weight is 335 g/mol. The van der Waals surface area contributed by atoms with Crippen LogP contribution in [0.4, 0.5) is 5.69 Å².